The quantitative estimate of drug-likeness (QED) is 0.436. The van der Waals surface area contributed by atoms with Crippen molar-refractivity contribution in [1.82, 2.24) is 10.6 Å². The zero-order chi connectivity index (χ0) is 16.3. The summed E-state index contributed by atoms with van der Waals surface area (Å²) in [6, 6.07) is 4.32. The molecule has 2 rings (SSSR count). The van der Waals surface area contributed by atoms with Crippen molar-refractivity contribution < 1.29 is 4.74 Å². The molecule has 0 saturated carbocycles. The van der Waals surface area contributed by atoms with Crippen LogP contribution in [0.2, 0.25) is 0 Å². The molecular weight excluding hydrogens is 306 g/mol. The van der Waals surface area contributed by atoms with Crippen molar-refractivity contribution in [2.75, 3.05) is 32.8 Å². The van der Waals surface area contributed by atoms with E-state index >= 15 is 0 Å². The molecule has 5 heteroatoms. The van der Waals surface area contributed by atoms with Crippen molar-refractivity contribution in [3.8, 4) is 0 Å². The summed E-state index contributed by atoms with van der Waals surface area (Å²) >= 11 is 1.83. The lowest BCUT2D eigenvalue weighted by Gasteiger charge is -2.16. The number of hydrogen-bond acceptors (Lipinski definition) is 3. The molecule has 0 aromatic carbocycles. The largest absolute Gasteiger partial charge is 0.377 e. The van der Waals surface area contributed by atoms with E-state index in [9.17, 15) is 0 Å². The number of nitrogens with one attached hydrogen (secondary N) is 2. The number of rotatable bonds is 8. The molecular formula is C18H29N3OS. The maximum atomic E-state index is 5.34. The maximum absolute atomic E-state index is 5.34. The van der Waals surface area contributed by atoms with Gasteiger partial charge in [-0.25, -0.2) is 0 Å². The van der Waals surface area contributed by atoms with Gasteiger partial charge >= 0.3 is 0 Å². The second-order valence-corrected chi connectivity index (χ2v) is 7.00. The first-order valence-electron chi connectivity index (χ1n) is 8.58. The monoisotopic (exact) mass is 335 g/mol. The first kappa shape index (κ1) is 18.0. The fourth-order valence-electron chi connectivity index (χ4n) is 2.56. The van der Waals surface area contributed by atoms with E-state index in [4.69, 9.17) is 9.73 Å². The summed E-state index contributed by atoms with van der Waals surface area (Å²) in [6.45, 7) is 8.67. The van der Waals surface area contributed by atoms with Crippen molar-refractivity contribution in [2.24, 2.45) is 10.9 Å². The SMILES string of the molecule is CCNC(=NCC(C)Cc1cccs1)NCCC1=CCOCC1. The van der Waals surface area contributed by atoms with Crippen LogP contribution in [0.1, 0.15) is 31.6 Å². The zero-order valence-corrected chi connectivity index (χ0v) is 15.1. The predicted octanol–water partition coefficient (Wildman–Crippen LogP) is 3.22. The fourth-order valence-corrected chi connectivity index (χ4v) is 3.43. The minimum atomic E-state index is 0.558. The van der Waals surface area contributed by atoms with Gasteiger partial charge in [0.15, 0.2) is 5.96 Å². The molecule has 0 fully saturated rings. The third-order valence-corrected chi connectivity index (χ3v) is 4.73. The van der Waals surface area contributed by atoms with Gasteiger partial charge < -0.3 is 15.4 Å². The van der Waals surface area contributed by atoms with Crippen molar-refractivity contribution in [1.29, 1.82) is 0 Å². The fraction of sp³-hybridized carbons (Fsp3) is 0.611. The van der Waals surface area contributed by atoms with Crippen molar-refractivity contribution in [2.45, 2.75) is 33.1 Å². The lowest BCUT2D eigenvalue weighted by Crippen LogP contribution is -2.38. The van der Waals surface area contributed by atoms with Gasteiger partial charge in [-0.2, -0.15) is 0 Å². The van der Waals surface area contributed by atoms with Crippen LogP contribution in [0.4, 0.5) is 0 Å². The number of aliphatic imine (C=N–C) groups is 1. The van der Waals surface area contributed by atoms with Gasteiger partial charge in [0.1, 0.15) is 0 Å². The summed E-state index contributed by atoms with van der Waals surface area (Å²) < 4.78 is 5.34. The molecule has 2 N–H and O–H groups in total. The molecule has 1 aliphatic heterocycles. The van der Waals surface area contributed by atoms with E-state index in [1.54, 1.807) is 0 Å². The number of thiophene rings is 1. The molecule has 4 nitrogen and oxygen atoms in total. The average molecular weight is 336 g/mol. The highest BCUT2D eigenvalue weighted by atomic mass is 32.1. The zero-order valence-electron chi connectivity index (χ0n) is 14.3. The first-order chi connectivity index (χ1) is 11.3. The molecule has 128 valence electrons. The smallest absolute Gasteiger partial charge is 0.191 e. The van der Waals surface area contributed by atoms with Crippen molar-refractivity contribution in [3.05, 3.63) is 34.0 Å². The molecule has 2 heterocycles. The van der Waals surface area contributed by atoms with Gasteiger partial charge in [0.05, 0.1) is 13.2 Å². The Bertz CT molecular complexity index is 496. The molecule has 0 bridgehead atoms. The minimum Gasteiger partial charge on any atom is -0.377 e. The van der Waals surface area contributed by atoms with E-state index in [0.717, 1.165) is 58.1 Å². The Labute approximate surface area is 144 Å². The normalized spacial score (nSPS) is 16.8. The lowest BCUT2D eigenvalue weighted by molar-refractivity contribution is 0.153. The summed E-state index contributed by atoms with van der Waals surface area (Å²) in [5.74, 6) is 1.49. The molecule has 1 atom stereocenters. The standard InChI is InChI=1S/C18H29N3OS/c1-3-19-18(20-9-6-16-7-10-22-11-8-16)21-14-15(2)13-17-5-4-12-23-17/h4-5,7,12,15H,3,6,8-11,13-14H2,1-2H3,(H2,19,20,21). The Morgan fingerprint density at radius 1 is 1.43 bits per heavy atom. The topological polar surface area (TPSA) is 45.7 Å². The van der Waals surface area contributed by atoms with Gasteiger partial charge in [-0.15, -0.1) is 11.3 Å². The van der Waals surface area contributed by atoms with E-state index < -0.39 is 0 Å². The minimum absolute atomic E-state index is 0.558. The molecule has 0 saturated heterocycles. The molecule has 0 radical (unpaired) electrons. The first-order valence-corrected chi connectivity index (χ1v) is 9.46. The van der Waals surface area contributed by atoms with Crippen LogP contribution in [-0.2, 0) is 11.2 Å². The third-order valence-electron chi connectivity index (χ3n) is 3.83. The Hall–Kier alpha value is -1.33. The highest BCUT2D eigenvalue weighted by molar-refractivity contribution is 7.09. The van der Waals surface area contributed by atoms with Crippen molar-refractivity contribution in [3.63, 3.8) is 0 Å². The predicted molar refractivity (Wildman–Crippen MR) is 99.3 cm³/mol. The van der Waals surface area contributed by atoms with E-state index in [1.165, 1.54) is 10.5 Å². The molecule has 0 amide bonds. The van der Waals surface area contributed by atoms with Crippen LogP contribution >= 0.6 is 11.3 Å². The Morgan fingerprint density at radius 3 is 3.04 bits per heavy atom. The second kappa shape index (κ2) is 10.4. The number of hydrogen-bond donors (Lipinski definition) is 2. The van der Waals surface area contributed by atoms with E-state index in [1.807, 2.05) is 11.3 Å². The van der Waals surface area contributed by atoms with Crippen LogP contribution in [0.5, 0.6) is 0 Å². The molecule has 0 spiro atoms. The maximum Gasteiger partial charge on any atom is 0.191 e. The van der Waals surface area contributed by atoms with Gasteiger partial charge in [0.25, 0.3) is 0 Å². The highest BCUT2D eigenvalue weighted by Gasteiger charge is 2.06. The molecule has 0 aliphatic carbocycles. The number of ether oxygens (including phenoxy) is 1. The summed E-state index contributed by atoms with van der Waals surface area (Å²) in [6.07, 6.45) is 5.44. The van der Waals surface area contributed by atoms with E-state index in [2.05, 4.69) is 48.1 Å². The van der Waals surface area contributed by atoms with Crippen LogP contribution < -0.4 is 10.6 Å². The molecule has 1 aromatic heterocycles. The Balaban J connectivity index is 1.73. The number of guanidine groups is 1. The summed E-state index contributed by atoms with van der Waals surface area (Å²) in [7, 11) is 0. The van der Waals surface area contributed by atoms with Crippen molar-refractivity contribution >= 4 is 17.3 Å². The second-order valence-electron chi connectivity index (χ2n) is 5.97. The third kappa shape index (κ3) is 7.18. The summed E-state index contributed by atoms with van der Waals surface area (Å²) in [5.41, 5.74) is 1.49. The van der Waals surface area contributed by atoms with Crippen LogP contribution in [0.15, 0.2) is 34.2 Å². The van der Waals surface area contributed by atoms with Gasteiger partial charge in [-0.05, 0) is 43.6 Å². The number of nitrogens with zero attached hydrogens (tertiary/aromatic N) is 1. The van der Waals surface area contributed by atoms with Crippen LogP contribution in [0.3, 0.4) is 0 Å². The van der Waals surface area contributed by atoms with E-state index in [-0.39, 0.29) is 0 Å². The van der Waals surface area contributed by atoms with Crippen LogP contribution in [0, 0.1) is 5.92 Å². The van der Waals surface area contributed by atoms with Crippen LogP contribution in [0.25, 0.3) is 0 Å². The van der Waals surface area contributed by atoms with Gasteiger partial charge in [-0.3, -0.25) is 4.99 Å². The Kier molecular flexibility index (Phi) is 8.18. The molecule has 1 aromatic rings. The van der Waals surface area contributed by atoms with Crippen LogP contribution in [-0.4, -0.2) is 38.8 Å². The van der Waals surface area contributed by atoms with Gasteiger partial charge in [0, 0.05) is 24.5 Å². The van der Waals surface area contributed by atoms with Gasteiger partial charge in [-0.1, -0.05) is 24.6 Å². The highest BCUT2D eigenvalue weighted by Crippen LogP contribution is 2.14. The Morgan fingerprint density at radius 2 is 2.35 bits per heavy atom. The molecule has 1 unspecified atom stereocenters. The average Bonchev–Trinajstić information content (AvgIpc) is 3.06. The van der Waals surface area contributed by atoms with Gasteiger partial charge in [0.2, 0.25) is 0 Å². The van der Waals surface area contributed by atoms with E-state index in [0.29, 0.717) is 5.92 Å². The lowest BCUT2D eigenvalue weighted by atomic mass is 10.1. The summed E-state index contributed by atoms with van der Waals surface area (Å²) in [5, 5.41) is 8.91. The molecule has 23 heavy (non-hydrogen) atoms. The summed E-state index contributed by atoms with van der Waals surface area (Å²) in [4.78, 5) is 6.17. The molecule has 1 aliphatic rings.